The predicted molar refractivity (Wildman–Crippen MR) is 75.5 cm³/mol. The Morgan fingerprint density at radius 3 is 2.56 bits per heavy atom. The lowest BCUT2D eigenvalue weighted by Gasteiger charge is -2.17. The van der Waals surface area contributed by atoms with Crippen LogP contribution in [0.15, 0.2) is 30.3 Å². The molecule has 0 unspecified atom stereocenters. The average molecular weight is 247 g/mol. The number of hydrogen-bond donors (Lipinski definition) is 2. The first-order valence-electron chi connectivity index (χ1n) is 6.56. The molecular formula is C14H22BNO2. The van der Waals surface area contributed by atoms with Gasteiger partial charge >= 0.3 is 0 Å². The van der Waals surface area contributed by atoms with Crippen molar-refractivity contribution in [3.8, 4) is 0 Å². The minimum atomic E-state index is -0.117. The molecule has 0 saturated heterocycles. The Labute approximate surface area is 110 Å². The second kappa shape index (κ2) is 7.93. The van der Waals surface area contributed by atoms with E-state index in [9.17, 15) is 9.82 Å². The van der Waals surface area contributed by atoms with Crippen molar-refractivity contribution in [2.75, 3.05) is 0 Å². The third kappa shape index (κ3) is 5.87. The Kier molecular flexibility index (Phi) is 6.51. The molecule has 18 heavy (non-hydrogen) atoms. The fourth-order valence-corrected chi connectivity index (χ4v) is 1.95. The highest BCUT2D eigenvalue weighted by molar-refractivity contribution is 6.28. The van der Waals surface area contributed by atoms with Crippen molar-refractivity contribution in [1.82, 2.24) is 5.32 Å². The molecule has 0 spiro atoms. The van der Waals surface area contributed by atoms with E-state index in [1.165, 1.54) is 0 Å². The maximum absolute atomic E-state index is 11.7. The van der Waals surface area contributed by atoms with Crippen LogP contribution in [-0.4, -0.2) is 24.4 Å². The van der Waals surface area contributed by atoms with Crippen LogP contribution in [0.1, 0.15) is 32.3 Å². The molecule has 1 aromatic carbocycles. The fraction of sp³-hybridized carbons (Fsp3) is 0.500. The molecule has 2 N–H and O–H groups in total. The first-order chi connectivity index (χ1) is 8.61. The highest BCUT2D eigenvalue weighted by atomic mass is 16.2. The Bertz CT molecular complexity index is 354. The molecule has 0 aromatic heterocycles. The van der Waals surface area contributed by atoms with Crippen LogP contribution in [-0.2, 0) is 11.2 Å². The van der Waals surface area contributed by atoms with Crippen LogP contribution in [0.2, 0.25) is 0 Å². The number of nitrogens with one attached hydrogen (secondary N) is 1. The van der Waals surface area contributed by atoms with E-state index >= 15 is 0 Å². The van der Waals surface area contributed by atoms with Crippen LogP contribution >= 0.6 is 0 Å². The van der Waals surface area contributed by atoms with Gasteiger partial charge in [-0.05, 0) is 24.3 Å². The Morgan fingerprint density at radius 1 is 1.33 bits per heavy atom. The van der Waals surface area contributed by atoms with Gasteiger partial charge in [-0.15, -0.1) is 0 Å². The number of carbonyl (C=O) groups is 1. The maximum Gasteiger partial charge on any atom is 0.293 e. The highest BCUT2D eigenvalue weighted by Gasteiger charge is 2.14. The largest absolute Gasteiger partial charge is 0.452 e. The van der Waals surface area contributed by atoms with Crippen molar-refractivity contribution in [1.29, 1.82) is 0 Å². The van der Waals surface area contributed by atoms with Gasteiger partial charge < -0.3 is 10.3 Å². The zero-order chi connectivity index (χ0) is 13.4. The number of aryl methyl sites for hydroxylation is 1. The number of amides is 1. The van der Waals surface area contributed by atoms with E-state index in [4.69, 9.17) is 0 Å². The molecule has 1 amide bonds. The topological polar surface area (TPSA) is 49.3 Å². The first kappa shape index (κ1) is 14.8. The summed E-state index contributed by atoms with van der Waals surface area (Å²) in [6.45, 7) is 4.16. The third-order valence-electron chi connectivity index (χ3n) is 2.82. The van der Waals surface area contributed by atoms with Gasteiger partial charge in [0.15, 0.2) is 0 Å². The van der Waals surface area contributed by atoms with Gasteiger partial charge in [0.05, 0.1) is 0 Å². The summed E-state index contributed by atoms with van der Waals surface area (Å²) in [5.41, 5.74) is 1.16. The van der Waals surface area contributed by atoms with Crippen LogP contribution in [0.3, 0.4) is 0 Å². The molecule has 98 valence electrons. The predicted octanol–water partition coefficient (Wildman–Crippen LogP) is 1.45. The smallest absolute Gasteiger partial charge is 0.293 e. The highest BCUT2D eigenvalue weighted by Crippen LogP contribution is 2.05. The Hall–Kier alpha value is -1.29. The molecule has 3 nitrogen and oxygen atoms in total. The normalized spacial score (nSPS) is 12.2. The molecule has 1 atom stereocenters. The van der Waals surface area contributed by atoms with Crippen molar-refractivity contribution < 1.29 is 9.82 Å². The zero-order valence-corrected chi connectivity index (χ0v) is 11.2. The van der Waals surface area contributed by atoms with Gasteiger partial charge in [-0.3, -0.25) is 4.79 Å². The van der Waals surface area contributed by atoms with E-state index in [0.717, 1.165) is 18.4 Å². The summed E-state index contributed by atoms with van der Waals surface area (Å²) in [4.78, 5) is 11.7. The van der Waals surface area contributed by atoms with Crippen LogP contribution in [0.25, 0.3) is 0 Å². The summed E-state index contributed by atoms with van der Waals surface area (Å²) in [7, 11) is 0.00918. The SMILES string of the molecule is CC(C)C[C@@H](BO)NC(=O)CCc1ccccc1. The van der Waals surface area contributed by atoms with Crippen LogP contribution in [0.4, 0.5) is 0 Å². The molecule has 4 heteroatoms. The van der Waals surface area contributed by atoms with Gasteiger partial charge in [0, 0.05) is 12.4 Å². The van der Waals surface area contributed by atoms with Gasteiger partial charge in [0.25, 0.3) is 7.48 Å². The number of carbonyl (C=O) groups excluding carboxylic acids is 1. The van der Waals surface area contributed by atoms with E-state index in [1.807, 2.05) is 30.3 Å². The van der Waals surface area contributed by atoms with Gasteiger partial charge in [0.1, 0.15) is 0 Å². The van der Waals surface area contributed by atoms with Gasteiger partial charge in [-0.1, -0.05) is 44.2 Å². The summed E-state index contributed by atoms with van der Waals surface area (Å²) < 4.78 is 0. The van der Waals surface area contributed by atoms with Gasteiger partial charge in [-0.2, -0.15) is 0 Å². The van der Waals surface area contributed by atoms with Crippen molar-refractivity contribution in [2.24, 2.45) is 5.92 Å². The molecule has 1 aromatic rings. The van der Waals surface area contributed by atoms with Crippen molar-refractivity contribution in [2.45, 2.75) is 39.1 Å². The quantitative estimate of drug-likeness (QED) is 0.716. The van der Waals surface area contributed by atoms with E-state index < -0.39 is 0 Å². The van der Waals surface area contributed by atoms with Crippen LogP contribution in [0, 0.1) is 5.92 Å². The van der Waals surface area contributed by atoms with E-state index in [2.05, 4.69) is 19.2 Å². The van der Waals surface area contributed by atoms with Crippen molar-refractivity contribution in [3.63, 3.8) is 0 Å². The standard InChI is InChI=1S/C14H22BNO2/c1-11(2)10-13(15-18)16-14(17)9-8-12-6-4-3-5-7-12/h3-7,11,13,15,18H,8-10H2,1-2H3,(H,16,17)/t13-/m0/s1. The minimum absolute atomic E-state index is 0.00918. The second-order valence-corrected chi connectivity index (χ2v) is 5.06. The average Bonchev–Trinajstić information content (AvgIpc) is 2.36. The van der Waals surface area contributed by atoms with Gasteiger partial charge in [-0.25, -0.2) is 0 Å². The molecule has 0 radical (unpaired) electrons. The molecule has 1 rings (SSSR count). The van der Waals surface area contributed by atoms with Crippen molar-refractivity contribution >= 4 is 13.4 Å². The summed E-state index contributed by atoms with van der Waals surface area (Å²) in [6, 6.07) is 9.95. The molecule has 0 aliphatic rings. The Balaban J connectivity index is 2.32. The second-order valence-electron chi connectivity index (χ2n) is 5.06. The summed E-state index contributed by atoms with van der Waals surface area (Å²) in [5, 5.41) is 12.1. The maximum atomic E-state index is 11.7. The monoisotopic (exact) mass is 247 g/mol. The lowest BCUT2D eigenvalue weighted by molar-refractivity contribution is -0.121. The molecule has 0 bridgehead atoms. The molecule has 0 aliphatic heterocycles. The molecule has 0 fully saturated rings. The lowest BCUT2D eigenvalue weighted by atomic mass is 9.82. The van der Waals surface area contributed by atoms with Crippen LogP contribution < -0.4 is 5.32 Å². The number of hydrogen-bond acceptors (Lipinski definition) is 2. The zero-order valence-electron chi connectivity index (χ0n) is 11.2. The fourth-order valence-electron chi connectivity index (χ4n) is 1.95. The third-order valence-corrected chi connectivity index (χ3v) is 2.82. The Morgan fingerprint density at radius 2 is 2.00 bits per heavy atom. The van der Waals surface area contributed by atoms with E-state index in [0.29, 0.717) is 12.3 Å². The number of benzene rings is 1. The minimum Gasteiger partial charge on any atom is -0.452 e. The van der Waals surface area contributed by atoms with E-state index in [-0.39, 0.29) is 19.3 Å². The van der Waals surface area contributed by atoms with Crippen molar-refractivity contribution in [3.05, 3.63) is 35.9 Å². The summed E-state index contributed by atoms with van der Waals surface area (Å²) >= 11 is 0. The lowest BCUT2D eigenvalue weighted by Crippen LogP contribution is -2.40. The first-order valence-corrected chi connectivity index (χ1v) is 6.56. The van der Waals surface area contributed by atoms with Gasteiger partial charge in [0.2, 0.25) is 5.91 Å². The summed E-state index contributed by atoms with van der Waals surface area (Å²) in [6.07, 6.45) is 2.03. The molecule has 0 saturated carbocycles. The number of rotatable bonds is 7. The van der Waals surface area contributed by atoms with E-state index in [1.54, 1.807) is 0 Å². The summed E-state index contributed by atoms with van der Waals surface area (Å²) in [5.74, 6) is 0.364. The molecule has 0 heterocycles. The van der Waals surface area contributed by atoms with Crippen LogP contribution in [0.5, 0.6) is 0 Å². The molecule has 0 aliphatic carbocycles. The molecular weight excluding hydrogens is 225 g/mol.